The maximum absolute atomic E-state index is 14.5. The second-order valence-corrected chi connectivity index (χ2v) is 10.5. The van der Waals surface area contributed by atoms with E-state index in [2.05, 4.69) is 20.6 Å². The first kappa shape index (κ1) is 24.8. The summed E-state index contributed by atoms with van der Waals surface area (Å²) in [6, 6.07) is 1.23. The quantitative estimate of drug-likeness (QED) is 0.381. The van der Waals surface area contributed by atoms with E-state index in [-0.39, 0.29) is 30.1 Å². The van der Waals surface area contributed by atoms with Crippen LogP contribution in [0.4, 0.5) is 30.8 Å². The summed E-state index contributed by atoms with van der Waals surface area (Å²) < 4.78 is 44.2. The monoisotopic (exact) mass is 504 g/mol. The zero-order valence-corrected chi connectivity index (χ0v) is 20.3. The van der Waals surface area contributed by atoms with Crippen LogP contribution < -0.4 is 10.6 Å². The topological polar surface area (TPSA) is 108 Å². The van der Waals surface area contributed by atoms with Crippen LogP contribution in [0.3, 0.4) is 0 Å². The van der Waals surface area contributed by atoms with Gasteiger partial charge in [-0.15, -0.1) is 0 Å². The predicted octanol–water partition coefficient (Wildman–Crippen LogP) is 4.81. The lowest BCUT2D eigenvalue weighted by molar-refractivity contribution is 0.0186. The van der Waals surface area contributed by atoms with Gasteiger partial charge in [0.2, 0.25) is 11.9 Å². The Balaban J connectivity index is 1.52. The number of hydrogen-bond acceptors (Lipinski definition) is 7. The molecule has 4 N–H and O–H groups in total. The van der Waals surface area contributed by atoms with Crippen LogP contribution in [-0.4, -0.2) is 47.5 Å². The van der Waals surface area contributed by atoms with Crippen molar-refractivity contribution >= 4 is 28.7 Å². The largest absolute Gasteiger partial charge is 0.393 e. The third-order valence-corrected chi connectivity index (χ3v) is 7.48. The van der Waals surface area contributed by atoms with Crippen molar-refractivity contribution < 1.29 is 23.4 Å². The van der Waals surface area contributed by atoms with Crippen molar-refractivity contribution in [3.63, 3.8) is 0 Å². The lowest BCUT2D eigenvalue weighted by atomic mass is 9.89. The number of halogens is 3. The van der Waals surface area contributed by atoms with E-state index in [4.69, 9.17) is 4.98 Å². The van der Waals surface area contributed by atoms with Gasteiger partial charge in [-0.3, -0.25) is 4.57 Å². The Morgan fingerprint density at radius 1 is 1.00 bits per heavy atom. The molecule has 0 spiro atoms. The first-order valence-electron chi connectivity index (χ1n) is 12.4. The van der Waals surface area contributed by atoms with E-state index in [1.165, 1.54) is 0 Å². The van der Waals surface area contributed by atoms with Gasteiger partial charge in [0.05, 0.1) is 17.9 Å². The first-order valence-corrected chi connectivity index (χ1v) is 12.4. The van der Waals surface area contributed by atoms with Crippen LogP contribution in [0.2, 0.25) is 0 Å². The molecule has 0 radical (unpaired) electrons. The Morgan fingerprint density at radius 3 is 2.33 bits per heavy atom. The number of anilines is 3. The summed E-state index contributed by atoms with van der Waals surface area (Å²) >= 11 is 0. The van der Waals surface area contributed by atoms with E-state index >= 15 is 0 Å². The fourth-order valence-corrected chi connectivity index (χ4v) is 5.40. The van der Waals surface area contributed by atoms with Crippen LogP contribution in [0.15, 0.2) is 18.3 Å². The molecule has 8 nitrogen and oxygen atoms in total. The smallest absolute Gasteiger partial charge is 0.224 e. The molecule has 0 saturated heterocycles. The molecule has 2 aliphatic carbocycles. The molecule has 0 bridgehead atoms. The fourth-order valence-electron chi connectivity index (χ4n) is 5.40. The molecule has 0 amide bonds. The molecule has 2 aliphatic rings. The van der Waals surface area contributed by atoms with Crippen molar-refractivity contribution in [2.45, 2.75) is 82.6 Å². The molecule has 36 heavy (non-hydrogen) atoms. The molecule has 2 fully saturated rings. The number of imidazole rings is 1. The Bertz CT molecular complexity index is 1230. The number of benzene rings is 1. The SMILES string of the molecule is CC(C)(O)[C@H]1CCC(n2c(Nc3c(F)cc(F)cc3F)nc3cnc(N[C@H]4CC[C@H](O)CC4)nc32)C1. The third-order valence-electron chi connectivity index (χ3n) is 7.48. The minimum absolute atomic E-state index is 0.0280. The van der Waals surface area contributed by atoms with Crippen molar-refractivity contribution in [2.24, 2.45) is 5.92 Å². The Morgan fingerprint density at radius 2 is 1.69 bits per heavy atom. The van der Waals surface area contributed by atoms with Crippen LogP contribution in [-0.2, 0) is 0 Å². The molecule has 2 heterocycles. The maximum Gasteiger partial charge on any atom is 0.224 e. The van der Waals surface area contributed by atoms with Crippen LogP contribution in [0.5, 0.6) is 0 Å². The van der Waals surface area contributed by atoms with Crippen LogP contribution in [0.1, 0.15) is 64.8 Å². The van der Waals surface area contributed by atoms with Gasteiger partial charge in [-0.05, 0) is 64.7 Å². The second-order valence-electron chi connectivity index (χ2n) is 10.5. The number of fused-ring (bicyclic) bond motifs is 1. The van der Waals surface area contributed by atoms with Gasteiger partial charge >= 0.3 is 0 Å². The number of aromatic nitrogens is 4. The van der Waals surface area contributed by atoms with Gasteiger partial charge in [0.15, 0.2) is 17.3 Å². The highest BCUT2D eigenvalue weighted by atomic mass is 19.1. The van der Waals surface area contributed by atoms with Crippen molar-refractivity contribution in [2.75, 3.05) is 10.6 Å². The van der Waals surface area contributed by atoms with Gasteiger partial charge in [-0.1, -0.05) is 0 Å². The van der Waals surface area contributed by atoms with E-state index in [0.29, 0.717) is 48.5 Å². The molecule has 2 aromatic heterocycles. The zero-order valence-electron chi connectivity index (χ0n) is 20.3. The molecule has 1 aromatic carbocycles. The van der Waals surface area contributed by atoms with Gasteiger partial charge in [0, 0.05) is 24.2 Å². The zero-order chi connectivity index (χ0) is 25.6. The summed E-state index contributed by atoms with van der Waals surface area (Å²) in [5.74, 6) is -2.54. The van der Waals surface area contributed by atoms with Crippen molar-refractivity contribution in [1.82, 2.24) is 19.5 Å². The van der Waals surface area contributed by atoms with Gasteiger partial charge < -0.3 is 20.8 Å². The molecular weight excluding hydrogens is 473 g/mol. The number of nitrogens with zero attached hydrogens (tertiary/aromatic N) is 4. The predicted molar refractivity (Wildman–Crippen MR) is 129 cm³/mol. The molecule has 11 heteroatoms. The lowest BCUT2D eigenvalue weighted by Crippen LogP contribution is -2.29. The average molecular weight is 505 g/mol. The van der Waals surface area contributed by atoms with Crippen LogP contribution in [0.25, 0.3) is 11.2 Å². The summed E-state index contributed by atoms with van der Waals surface area (Å²) in [6.07, 6.45) is 6.42. The number of nitrogens with one attached hydrogen (secondary N) is 2. The van der Waals surface area contributed by atoms with E-state index in [9.17, 15) is 23.4 Å². The van der Waals surface area contributed by atoms with Crippen LogP contribution in [0, 0.1) is 23.4 Å². The highest BCUT2D eigenvalue weighted by Crippen LogP contribution is 2.43. The second kappa shape index (κ2) is 9.51. The molecule has 1 unspecified atom stereocenters. The molecule has 0 aliphatic heterocycles. The van der Waals surface area contributed by atoms with Crippen molar-refractivity contribution in [1.29, 1.82) is 0 Å². The van der Waals surface area contributed by atoms with Crippen LogP contribution >= 0.6 is 0 Å². The summed E-state index contributed by atoms with van der Waals surface area (Å²) in [5, 5.41) is 26.4. The van der Waals surface area contributed by atoms with Gasteiger partial charge in [-0.25, -0.2) is 23.1 Å². The molecule has 2 atom stereocenters. The van der Waals surface area contributed by atoms with E-state index in [1.54, 1.807) is 24.6 Å². The molecule has 5 rings (SSSR count). The van der Waals surface area contributed by atoms with Crippen molar-refractivity contribution in [3.8, 4) is 0 Å². The molecular formula is C25H31F3N6O2. The van der Waals surface area contributed by atoms with E-state index < -0.39 is 28.7 Å². The molecule has 2 saturated carbocycles. The van der Waals surface area contributed by atoms with E-state index in [0.717, 1.165) is 25.7 Å². The van der Waals surface area contributed by atoms with Gasteiger partial charge in [0.25, 0.3) is 0 Å². The average Bonchev–Trinajstić information content (AvgIpc) is 3.42. The number of hydrogen-bond donors (Lipinski definition) is 4. The lowest BCUT2D eigenvalue weighted by Gasteiger charge is -2.26. The highest BCUT2D eigenvalue weighted by Gasteiger charge is 2.37. The number of aliphatic hydroxyl groups is 2. The minimum Gasteiger partial charge on any atom is -0.393 e. The van der Waals surface area contributed by atoms with Crippen molar-refractivity contribution in [3.05, 3.63) is 35.8 Å². The summed E-state index contributed by atoms with van der Waals surface area (Å²) in [5.41, 5.74) is -0.440. The summed E-state index contributed by atoms with van der Waals surface area (Å²) in [6.45, 7) is 3.56. The number of aliphatic hydroxyl groups excluding tert-OH is 1. The summed E-state index contributed by atoms with van der Waals surface area (Å²) in [4.78, 5) is 13.6. The third kappa shape index (κ3) is 4.99. The first-order chi connectivity index (χ1) is 17.1. The van der Waals surface area contributed by atoms with Gasteiger partial charge in [0.1, 0.15) is 17.0 Å². The fraction of sp³-hybridized carbons (Fsp3) is 0.560. The maximum atomic E-state index is 14.5. The number of rotatable bonds is 6. The Hall–Kier alpha value is -2.92. The minimum atomic E-state index is -1.07. The standard InChI is InChI=1S/C25H31F3N6O2/c1-25(2,36)13-3-6-16(9-13)34-22-20(12-29-23(33-22)30-15-4-7-17(35)8-5-15)31-24(34)32-21-18(27)10-14(26)11-19(21)28/h10-13,15-17,35-36H,3-9H2,1-2H3,(H,31,32)(H,29,30,33)/t13-,15-,16?,17-/m0/s1. The molecule has 194 valence electrons. The Kier molecular flexibility index (Phi) is 6.54. The van der Waals surface area contributed by atoms with Gasteiger partial charge in [-0.2, -0.15) is 4.98 Å². The molecule has 3 aromatic rings. The van der Waals surface area contributed by atoms with E-state index in [1.807, 2.05) is 0 Å². The summed E-state index contributed by atoms with van der Waals surface area (Å²) in [7, 11) is 0. The highest BCUT2D eigenvalue weighted by molar-refractivity contribution is 5.76. The normalized spacial score (nSPS) is 24.9. The Labute approximate surface area is 207 Å².